The summed E-state index contributed by atoms with van der Waals surface area (Å²) in [5, 5.41) is 6.40. The van der Waals surface area contributed by atoms with Crippen molar-refractivity contribution in [2.45, 2.75) is 6.92 Å². The predicted molar refractivity (Wildman–Crippen MR) is 61.6 cm³/mol. The van der Waals surface area contributed by atoms with Gasteiger partial charge in [-0.2, -0.15) is 5.10 Å². The highest BCUT2D eigenvalue weighted by molar-refractivity contribution is 5.63. The van der Waals surface area contributed by atoms with E-state index in [-0.39, 0.29) is 5.56 Å². The van der Waals surface area contributed by atoms with Gasteiger partial charge in [0.05, 0.1) is 12.8 Å². The van der Waals surface area contributed by atoms with Gasteiger partial charge in [0.2, 0.25) is 0 Å². The molecular weight excluding hydrogens is 204 g/mol. The summed E-state index contributed by atoms with van der Waals surface area (Å²) >= 11 is 0. The van der Waals surface area contributed by atoms with E-state index in [0.29, 0.717) is 0 Å². The number of nitrogens with zero attached hydrogens (tertiary/aromatic N) is 1. The zero-order valence-electron chi connectivity index (χ0n) is 9.15. The highest BCUT2D eigenvalue weighted by atomic mass is 16.5. The van der Waals surface area contributed by atoms with Crippen molar-refractivity contribution in [3.63, 3.8) is 0 Å². The number of aromatic nitrogens is 2. The first-order valence-electron chi connectivity index (χ1n) is 4.91. The Morgan fingerprint density at radius 3 is 2.62 bits per heavy atom. The Hall–Kier alpha value is -2.10. The van der Waals surface area contributed by atoms with E-state index < -0.39 is 0 Å². The molecule has 0 amide bonds. The molecule has 4 nitrogen and oxygen atoms in total. The summed E-state index contributed by atoms with van der Waals surface area (Å²) in [4.78, 5) is 10.9. The van der Waals surface area contributed by atoms with E-state index in [9.17, 15) is 4.79 Å². The first-order valence-corrected chi connectivity index (χ1v) is 4.91. The molecule has 82 valence electrons. The number of benzene rings is 1. The van der Waals surface area contributed by atoms with Crippen LogP contribution in [0.25, 0.3) is 11.3 Å². The quantitative estimate of drug-likeness (QED) is 0.832. The van der Waals surface area contributed by atoms with Crippen LogP contribution in [0.4, 0.5) is 0 Å². The second-order valence-corrected chi connectivity index (χ2v) is 3.49. The summed E-state index contributed by atoms with van der Waals surface area (Å²) in [7, 11) is 1.63. The van der Waals surface area contributed by atoms with Crippen LogP contribution >= 0.6 is 0 Å². The normalized spacial score (nSPS) is 10.1. The minimum absolute atomic E-state index is 0.199. The third kappa shape index (κ3) is 1.95. The Labute approximate surface area is 92.9 Å². The minimum atomic E-state index is -0.199. The van der Waals surface area contributed by atoms with E-state index in [4.69, 9.17) is 4.74 Å². The number of rotatable bonds is 2. The van der Waals surface area contributed by atoms with E-state index in [0.717, 1.165) is 22.6 Å². The van der Waals surface area contributed by atoms with Gasteiger partial charge in [0.15, 0.2) is 0 Å². The lowest BCUT2D eigenvalue weighted by atomic mass is 10.1. The highest BCUT2D eigenvalue weighted by Crippen LogP contribution is 2.24. The second kappa shape index (κ2) is 4.18. The van der Waals surface area contributed by atoms with Crippen molar-refractivity contribution in [2.24, 2.45) is 0 Å². The molecule has 0 aliphatic rings. The van der Waals surface area contributed by atoms with Crippen molar-refractivity contribution in [1.82, 2.24) is 10.2 Å². The molecule has 0 fully saturated rings. The van der Waals surface area contributed by atoms with Gasteiger partial charge in [0.25, 0.3) is 5.56 Å². The molecule has 0 spiro atoms. The molecular formula is C12H12N2O2. The fourth-order valence-electron chi connectivity index (χ4n) is 1.55. The summed E-state index contributed by atoms with van der Waals surface area (Å²) in [6, 6.07) is 8.89. The lowest BCUT2D eigenvalue weighted by Gasteiger charge is -2.06. The van der Waals surface area contributed by atoms with E-state index in [1.54, 1.807) is 13.2 Å². The third-order valence-corrected chi connectivity index (χ3v) is 2.39. The standard InChI is InChI=1S/C12H12N2O2/c1-8-7-9(16-2)3-4-10(8)11-5-6-12(15)14-13-11/h3-7H,1-2H3,(H,14,15). The van der Waals surface area contributed by atoms with Gasteiger partial charge < -0.3 is 4.74 Å². The van der Waals surface area contributed by atoms with Crippen LogP contribution in [0, 0.1) is 6.92 Å². The lowest BCUT2D eigenvalue weighted by molar-refractivity contribution is 0.414. The number of aromatic amines is 1. The first-order chi connectivity index (χ1) is 7.70. The van der Waals surface area contributed by atoms with Gasteiger partial charge in [0, 0.05) is 11.6 Å². The van der Waals surface area contributed by atoms with Crippen LogP contribution in [0.1, 0.15) is 5.56 Å². The van der Waals surface area contributed by atoms with Crippen molar-refractivity contribution in [1.29, 1.82) is 0 Å². The number of hydrogen-bond donors (Lipinski definition) is 1. The molecule has 0 unspecified atom stereocenters. The molecule has 1 aromatic heterocycles. The van der Waals surface area contributed by atoms with Gasteiger partial charge in [0.1, 0.15) is 5.75 Å². The maximum absolute atomic E-state index is 10.9. The maximum Gasteiger partial charge on any atom is 0.264 e. The van der Waals surface area contributed by atoms with Crippen LogP contribution in [0.2, 0.25) is 0 Å². The van der Waals surface area contributed by atoms with Gasteiger partial charge in [-0.05, 0) is 36.8 Å². The summed E-state index contributed by atoms with van der Waals surface area (Å²) in [6.45, 7) is 1.98. The smallest absolute Gasteiger partial charge is 0.264 e. The molecule has 0 atom stereocenters. The molecule has 0 saturated carbocycles. The Morgan fingerprint density at radius 1 is 1.25 bits per heavy atom. The summed E-state index contributed by atoms with van der Waals surface area (Å²) in [5.41, 5.74) is 2.59. The Balaban J connectivity index is 2.48. The van der Waals surface area contributed by atoms with Crippen molar-refractivity contribution in [3.8, 4) is 17.0 Å². The SMILES string of the molecule is COc1ccc(-c2ccc(=O)[nH]n2)c(C)c1. The molecule has 0 aliphatic heterocycles. The molecule has 2 aromatic rings. The molecule has 0 saturated heterocycles. The molecule has 1 aromatic carbocycles. The number of nitrogens with one attached hydrogen (secondary N) is 1. The van der Waals surface area contributed by atoms with Gasteiger partial charge in [-0.3, -0.25) is 4.79 Å². The highest BCUT2D eigenvalue weighted by Gasteiger charge is 2.04. The van der Waals surface area contributed by atoms with Crippen LogP contribution in [0.15, 0.2) is 35.1 Å². The van der Waals surface area contributed by atoms with Crippen LogP contribution in [0.3, 0.4) is 0 Å². The summed E-state index contributed by atoms with van der Waals surface area (Å²) in [6.07, 6.45) is 0. The largest absolute Gasteiger partial charge is 0.497 e. The van der Waals surface area contributed by atoms with E-state index in [2.05, 4.69) is 10.2 Å². The number of ether oxygens (including phenoxy) is 1. The van der Waals surface area contributed by atoms with E-state index in [1.165, 1.54) is 6.07 Å². The monoisotopic (exact) mass is 216 g/mol. The van der Waals surface area contributed by atoms with Gasteiger partial charge in [-0.15, -0.1) is 0 Å². The average Bonchev–Trinajstić information content (AvgIpc) is 2.30. The fourth-order valence-corrected chi connectivity index (χ4v) is 1.55. The Bertz CT molecular complexity index is 541. The molecule has 0 bridgehead atoms. The zero-order valence-corrected chi connectivity index (χ0v) is 9.15. The van der Waals surface area contributed by atoms with Crippen LogP contribution in [0.5, 0.6) is 5.75 Å². The number of methoxy groups -OCH3 is 1. The molecule has 2 rings (SSSR count). The molecule has 1 heterocycles. The molecule has 1 N–H and O–H groups in total. The molecule has 4 heteroatoms. The number of hydrogen-bond acceptors (Lipinski definition) is 3. The lowest BCUT2D eigenvalue weighted by Crippen LogP contribution is -2.05. The van der Waals surface area contributed by atoms with Gasteiger partial charge >= 0.3 is 0 Å². The maximum atomic E-state index is 10.9. The van der Waals surface area contributed by atoms with E-state index >= 15 is 0 Å². The topological polar surface area (TPSA) is 55.0 Å². The van der Waals surface area contributed by atoms with Crippen molar-refractivity contribution in [3.05, 3.63) is 46.2 Å². The average molecular weight is 216 g/mol. The van der Waals surface area contributed by atoms with E-state index in [1.807, 2.05) is 25.1 Å². The molecule has 16 heavy (non-hydrogen) atoms. The van der Waals surface area contributed by atoms with Crippen LogP contribution in [-0.2, 0) is 0 Å². The molecule has 0 radical (unpaired) electrons. The summed E-state index contributed by atoms with van der Waals surface area (Å²) < 4.78 is 5.13. The zero-order chi connectivity index (χ0) is 11.5. The summed E-state index contributed by atoms with van der Waals surface area (Å²) in [5.74, 6) is 0.811. The van der Waals surface area contributed by atoms with Crippen molar-refractivity contribution < 1.29 is 4.74 Å². The Morgan fingerprint density at radius 2 is 2.06 bits per heavy atom. The minimum Gasteiger partial charge on any atom is -0.497 e. The van der Waals surface area contributed by atoms with Crippen LogP contribution in [-0.4, -0.2) is 17.3 Å². The van der Waals surface area contributed by atoms with Crippen LogP contribution < -0.4 is 10.3 Å². The number of H-pyrrole nitrogens is 1. The van der Waals surface area contributed by atoms with Gasteiger partial charge in [-0.1, -0.05) is 0 Å². The van der Waals surface area contributed by atoms with Crippen molar-refractivity contribution >= 4 is 0 Å². The predicted octanol–water partition coefficient (Wildman–Crippen LogP) is 1.75. The van der Waals surface area contributed by atoms with Crippen molar-refractivity contribution in [2.75, 3.05) is 7.11 Å². The van der Waals surface area contributed by atoms with Gasteiger partial charge in [-0.25, -0.2) is 5.10 Å². The first kappa shape index (κ1) is 10.4. The Kier molecular flexibility index (Phi) is 2.72. The third-order valence-electron chi connectivity index (χ3n) is 2.39. The fraction of sp³-hybridized carbons (Fsp3) is 0.167. The number of aryl methyl sites for hydroxylation is 1. The second-order valence-electron chi connectivity index (χ2n) is 3.49. The molecule has 0 aliphatic carbocycles.